The molecule has 130 valence electrons. The third-order valence-electron chi connectivity index (χ3n) is 3.11. The van der Waals surface area contributed by atoms with Crippen molar-refractivity contribution < 1.29 is 17.9 Å². The lowest BCUT2D eigenvalue weighted by Crippen LogP contribution is -2.10. The summed E-state index contributed by atoms with van der Waals surface area (Å²) in [4.78, 5) is 11.3. The molecule has 0 aromatic carbocycles. The van der Waals surface area contributed by atoms with Gasteiger partial charge in [0.2, 0.25) is 5.95 Å². The predicted octanol–water partition coefficient (Wildman–Crippen LogP) is 3.26. The smallest absolute Gasteiger partial charge is 0.433 e. The summed E-state index contributed by atoms with van der Waals surface area (Å²) >= 11 is 0. The molecule has 0 saturated heterocycles. The van der Waals surface area contributed by atoms with E-state index < -0.39 is 11.9 Å². The fourth-order valence-electron chi connectivity index (χ4n) is 1.84. The Bertz CT molecular complexity index is 661. The first-order chi connectivity index (χ1) is 11.4. The van der Waals surface area contributed by atoms with Crippen LogP contribution in [0.1, 0.15) is 31.0 Å². The topological polar surface area (TPSA) is 86.0 Å². The van der Waals surface area contributed by atoms with Gasteiger partial charge in [-0.25, -0.2) is 4.98 Å². The van der Waals surface area contributed by atoms with Crippen LogP contribution in [0.3, 0.4) is 0 Å². The second-order valence-electron chi connectivity index (χ2n) is 5.06. The van der Waals surface area contributed by atoms with Gasteiger partial charge in [0.1, 0.15) is 12.3 Å². The lowest BCUT2D eigenvalue weighted by molar-refractivity contribution is -0.141. The molecule has 0 bridgehead atoms. The molecule has 0 aliphatic rings. The number of hydrogen-bond acceptors (Lipinski definition) is 6. The molecular weight excluding hydrogens is 323 g/mol. The predicted molar refractivity (Wildman–Crippen MR) is 83.4 cm³/mol. The fraction of sp³-hybridized carbons (Fsp3) is 0.400. The van der Waals surface area contributed by atoms with E-state index in [0.29, 0.717) is 23.7 Å². The Labute approximate surface area is 137 Å². The molecule has 9 heteroatoms. The van der Waals surface area contributed by atoms with Gasteiger partial charge in [-0.3, -0.25) is 4.98 Å². The van der Waals surface area contributed by atoms with Crippen molar-refractivity contribution in [1.29, 1.82) is 0 Å². The van der Waals surface area contributed by atoms with E-state index in [0.717, 1.165) is 25.1 Å². The summed E-state index contributed by atoms with van der Waals surface area (Å²) in [6.45, 7) is 2.80. The number of unbranched alkanes of at least 4 members (excludes halogenated alkanes) is 1. The van der Waals surface area contributed by atoms with E-state index in [1.165, 1.54) is 12.3 Å². The number of halogens is 3. The summed E-state index contributed by atoms with van der Waals surface area (Å²) < 4.78 is 43.0. The molecule has 0 unspecified atom stereocenters. The zero-order valence-corrected chi connectivity index (χ0v) is 13.1. The van der Waals surface area contributed by atoms with Crippen molar-refractivity contribution >= 4 is 11.8 Å². The van der Waals surface area contributed by atoms with Crippen molar-refractivity contribution in [3.05, 3.63) is 35.8 Å². The maximum Gasteiger partial charge on any atom is 0.433 e. The maximum absolute atomic E-state index is 12.5. The van der Waals surface area contributed by atoms with Gasteiger partial charge in [0, 0.05) is 18.3 Å². The minimum atomic E-state index is -4.46. The molecule has 0 amide bonds. The number of aromatic nitrogens is 3. The molecule has 6 nitrogen and oxygen atoms in total. The number of hydrogen-bond donors (Lipinski definition) is 2. The summed E-state index contributed by atoms with van der Waals surface area (Å²) in [5, 5.41) is 3.10. The number of nitrogen functional groups attached to an aromatic ring is 1. The van der Waals surface area contributed by atoms with Crippen LogP contribution in [-0.4, -0.2) is 21.5 Å². The van der Waals surface area contributed by atoms with Crippen LogP contribution in [-0.2, 0) is 12.8 Å². The quantitative estimate of drug-likeness (QED) is 0.752. The molecule has 0 atom stereocenters. The number of anilines is 2. The molecule has 0 saturated carbocycles. The van der Waals surface area contributed by atoms with Crippen LogP contribution < -0.4 is 15.8 Å². The molecule has 24 heavy (non-hydrogen) atoms. The van der Waals surface area contributed by atoms with E-state index in [4.69, 9.17) is 10.5 Å². The monoisotopic (exact) mass is 341 g/mol. The number of rotatable bonds is 7. The third kappa shape index (κ3) is 4.97. The van der Waals surface area contributed by atoms with Gasteiger partial charge < -0.3 is 15.8 Å². The first-order valence-electron chi connectivity index (χ1n) is 7.41. The molecule has 0 aliphatic heterocycles. The zero-order valence-electron chi connectivity index (χ0n) is 13.1. The van der Waals surface area contributed by atoms with E-state index in [-0.39, 0.29) is 12.6 Å². The molecule has 0 fully saturated rings. The Morgan fingerprint density at radius 1 is 1.21 bits per heavy atom. The van der Waals surface area contributed by atoms with Gasteiger partial charge in [0.25, 0.3) is 0 Å². The van der Waals surface area contributed by atoms with E-state index in [1.807, 2.05) is 0 Å². The number of alkyl halides is 3. The van der Waals surface area contributed by atoms with Gasteiger partial charge in [-0.05, 0) is 12.5 Å². The van der Waals surface area contributed by atoms with Crippen LogP contribution in [0, 0.1) is 0 Å². The molecule has 3 N–H and O–H groups in total. The Morgan fingerprint density at radius 2 is 2.00 bits per heavy atom. The Balaban J connectivity index is 2.03. The maximum atomic E-state index is 12.5. The third-order valence-corrected chi connectivity index (χ3v) is 3.11. The first kappa shape index (κ1) is 17.8. The van der Waals surface area contributed by atoms with Crippen molar-refractivity contribution in [1.82, 2.24) is 15.0 Å². The summed E-state index contributed by atoms with van der Waals surface area (Å²) in [6.07, 6.45) is 0.0625. The fourth-order valence-corrected chi connectivity index (χ4v) is 1.84. The Morgan fingerprint density at radius 3 is 2.62 bits per heavy atom. The standard InChI is InChI=1S/C15H18F3N5O/c1-2-3-6-20-13-11(8-22-14(19)23-13)24-9-10-4-5-12(21-7-10)15(16,17)18/h4-5,7-8H,2-3,6,9H2,1H3,(H3,19,20,22,23). The minimum absolute atomic E-state index is 0.0425. The highest BCUT2D eigenvalue weighted by molar-refractivity contribution is 5.51. The normalized spacial score (nSPS) is 11.3. The molecule has 2 heterocycles. The molecular formula is C15H18F3N5O. The second kappa shape index (κ2) is 7.80. The number of pyridine rings is 1. The SMILES string of the molecule is CCCCNc1nc(N)ncc1OCc1ccc(C(F)(F)F)nc1. The Hall–Kier alpha value is -2.58. The van der Waals surface area contributed by atoms with Crippen molar-refractivity contribution in [3.63, 3.8) is 0 Å². The van der Waals surface area contributed by atoms with E-state index in [9.17, 15) is 13.2 Å². The van der Waals surface area contributed by atoms with Crippen LogP contribution in [0.4, 0.5) is 24.9 Å². The first-order valence-corrected chi connectivity index (χ1v) is 7.41. The highest BCUT2D eigenvalue weighted by Gasteiger charge is 2.31. The second-order valence-corrected chi connectivity index (χ2v) is 5.06. The Kier molecular flexibility index (Phi) is 5.78. The van der Waals surface area contributed by atoms with Crippen LogP contribution >= 0.6 is 0 Å². The van der Waals surface area contributed by atoms with E-state index >= 15 is 0 Å². The van der Waals surface area contributed by atoms with Gasteiger partial charge >= 0.3 is 6.18 Å². The van der Waals surface area contributed by atoms with Gasteiger partial charge in [0.15, 0.2) is 11.6 Å². The highest BCUT2D eigenvalue weighted by Crippen LogP contribution is 2.27. The lowest BCUT2D eigenvalue weighted by Gasteiger charge is -2.12. The zero-order chi connectivity index (χ0) is 17.6. The molecule has 0 aliphatic carbocycles. The molecule has 2 rings (SSSR count). The summed E-state index contributed by atoms with van der Waals surface area (Å²) in [7, 11) is 0. The van der Waals surface area contributed by atoms with Crippen molar-refractivity contribution in [2.24, 2.45) is 0 Å². The van der Waals surface area contributed by atoms with Crippen molar-refractivity contribution in [3.8, 4) is 5.75 Å². The van der Waals surface area contributed by atoms with Crippen LogP contribution in [0.25, 0.3) is 0 Å². The van der Waals surface area contributed by atoms with Gasteiger partial charge in [-0.1, -0.05) is 19.4 Å². The van der Waals surface area contributed by atoms with Gasteiger partial charge in [0.05, 0.1) is 6.20 Å². The van der Waals surface area contributed by atoms with E-state index in [2.05, 4.69) is 27.2 Å². The number of ether oxygens (including phenoxy) is 1. The molecule has 0 radical (unpaired) electrons. The largest absolute Gasteiger partial charge is 0.483 e. The summed E-state index contributed by atoms with van der Waals surface area (Å²) in [6, 6.07) is 2.23. The summed E-state index contributed by atoms with van der Waals surface area (Å²) in [5.41, 5.74) is 5.12. The van der Waals surface area contributed by atoms with Crippen molar-refractivity contribution in [2.45, 2.75) is 32.5 Å². The minimum Gasteiger partial charge on any atom is -0.483 e. The lowest BCUT2D eigenvalue weighted by atomic mass is 10.2. The highest BCUT2D eigenvalue weighted by atomic mass is 19.4. The van der Waals surface area contributed by atoms with Crippen LogP contribution in [0.2, 0.25) is 0 Å². The summed E-state index contributed by atoms with van der Waals surface area (Å²) in [5.74, 6) is 0.938. The van der Waals surface area contributed by atoms with E-state index in [1.54, 1.807) is 0 Å². The number of nitrogens with zero attached hydrogens (tertiary/aromatic N) is 3. The average molecular weight is 341 g/mol. The van der Waals surface area contributed by atoms with Crippen LogP contribution in [0.15, 0.2) is 24.5 Å². The van der Waals surface area contributed by atoms with Gasteiger partial charge in [-0.2, -0.15) is 18.2 Å². The molecule has 2 aromatic rings. The molecule has 2 aromatic heterocycles. The number of nitrogens with two attached hydrogens (primary N) is 1. The van der Waals surface area contributed by atoms with Crippen LogP contribution in [0.5, 0.6) is 5.75 Å². The molecule has 0 spiro atoms. The van der Waals surface area contributed by atoms with Crippen molar-refractivity contribution in [2.75, 3.05) is 17.6 Å². The van der Waals surface area contributed by atoms with Gasteiger partial charge in [-0.15, -0.1) is 0 Å². The number of nitrogens with one attached hydrogen (secondary N) is 1. The average Bonchev–Trinajstić information content (AvgIpc) is 2.54.